The van der Waals surface area contributed by atoms with Crippen molar-refractivity contribution < 1.29 is 35.5 Å². The molecule has 1 heterocycles. The zero-order valence-corrected chi connectivity index (χ0v) is 18.2. The molecule has 0 saturated heterocycles. The lowest BCUT2D eigenvalue weighted by Crippen LogP contribution is -2.30. The normalized spacial score (nSPS) is 12.3. The van der Waals surface area contributed by atoms with E-state index in [0.29, 0.717) is 24.1 Å². The van der Waals surface area contributed by atoms with Crippen LogP contribution in [0.3, 0.4) is 0 Å². The monoisotopic (exact) mass is 475 g/mol. The Morgan fingerprint density at radius 1 is 1.00 bits per heavy atom. The molecule has 0 spiro atoms. The van der Waals surface area contributed by atoms with E-state index < -0.39 is 29.0 Å². The summed E-state index contributed by atoms with van der Waals surface area (Å²) in [6, 6.07) is 7.76. The highest BCUT2D eigenvalue weighted by molar-refractivity contribution is 7.89. The lowest BCUT2D eigenvalue weighted by atomic mass is 10.1. The van der Waals surface area contributed by atoms with Crippen LogP contribution in [-0.2, 0) is 17.1 Å². The minimum atomic E-state index is -3.73. The highest BCUT2D eigenvalue weighted by atomic mass is 32.2. The molecule has 12 heteroatoms. The highest BCUT2D eigenvalue weighted by Gasteiger charge is 2.24. The molecule has 1 aromatic heterocycles. The number of nitrogens with zero attached hydrogens (tertiary/aromatic N) is 3. The first-order valence-corrected chi connectivity index (χ1v) is 11.0. The number of sulfonamides is 1. The second-order valence-electron chi connectivity index (χ2n) is 6.65. The summed E-state index contributed by atoms with van der Waals surface area (Å²) in [6.07, 6.45) is 0. The van der Waals surface area contributed by atoms with Gasteiger partial charge in [0.2, 0.25) is 10.0 Å². The van der Waals surface area contributed by atoms with E-state index >= 15 is 0 Å². The van der Waals surface area contributed by atoms with Crippen LogP contribution in [0, 0.1) is 0 Å². The molecule has 32 heavy (non-hydrogen) atoms. The Morgan fingerprint density at radius 2 is 1.66 bits per heavy atom. The molecule has 3 rings (SSSR count). The fourth-order valence-corrected chi connectivity index (χ4v) is 4.83. The number of rotatable bonds is 9. The van der Waals surface area contributed by atoms with Crippen LogP contribution in [0.15, 0.2) is 41.3 Å². The fourth-order valence-electron chi connectivity index (χ4n) is 3.35. The molecule has 0 N–H and O–H groups in total. The molecule has 2 aromatic carbocycles. The first-order chi connectivity index (χ1) is 15.1. The van der Waals surface area contributed by atoms with E-state index in [4.69, 9.17) is 0 Å². The van der Waals surface area contributed by atoms with Crippen molar-refractivity contribution in [1.82, 2.24) is 13.9 Å². The molecule has 0 radical (unpaired) electrons. The van der Waals surface area contributed by atoms with E-state index in [2.05, 4.69) is 14.5 Å². The number of imidazole rings is 1. The van der Waals surface area contributed by atoms with Crippen LogP contribution >= 0.6 is 0 Å². The second kappa shape index (κ2) is 9.33. The molecule has 0 aliphatic heterocycles. The van der Waals surface area contributed by atoms with Crippen molar-refractivity contribution in [3.8, 4) is 22.9 Å². The number of alkyl halides is 4. The molecule has 7 nitrogen and oxygen atoms in total. The number of fused-ring (bicyclic) bond motifs is 1. The maximum Gasteiger partial charge on any atom is 0.387 e. The number of aryl methyl sites for hydroxylation is 1. The molecule has 0 aliphatic carbocycles. The lowest BCUT2D eigenvalue weighted by molar-refractivity contribution is -0.0540. The van der Waals surface area contributed by atoms with Crippen molar-refractivity contribution in [2.45, 2.75) is 32.0 Å². The molecule has 0 aliphatic rings. The third-order valence-corrected chi connectivity index (χ3v) is 6.88. The summed E-state index contributed by atoms with van der Waals surface area (Å²) in [5.74, 6) is -0.588. The van der Waals surface area contributed by atoms with Gasteiger partial charge in [-0.05, 0) is 30.3 Å². The number of hydrogen-bond donors (Lipinski definition) is 0. The van der Waals surface area contributed by atoms with E-state index in [-0.39, 0.29) is 22.0 Å². The number of hydrogen-bond acceptors (Lipinski definition) is 5. The number of halogens is 4. The maximum atomic E-state index is 12.9. The van der Waals surface area contributed by atoms with E-state index in [1.165, 1.54) is 28.6 Å². The summed E-state index contributed by atoms with van der Waals surface area (Å²) >= 11 is 0. The molecule has 0 saturated carbocycles. The summed E-state index contributed by atoms with van der Waals surface area (Å²) in [5.41, 5.74) is 0.944. The molecular formula is C20H21F4N3O4S. The molecule has 0 fully saturated rings. The standard InChI is InChI=1S/C20H21F4N3O4S/c1-4-27(5-2)32(28,29)13-7-9-16-15(11-13)25-18(26(16)3)14-8-6-12(30-19(21)22)10-17(14)31-20(23)24/h6-11,19-20H,4-5H2,1-3H3. The van der Waals surface area contributed by atoms with Crippen molar-refractivity contribution in [2.24, 2.45) is 7.05 Å². The SMILES string of the molecule is CCN(CC)S(=O)(=O)c1ccc2c(c1)nc(-c1ccc(OC(F)F)cc1OC(F)F)n2C. The molecule has 0 bridgehead atoms. The lowest BCUT2D eigenvalue weighted by Gasteiger charge is -2.18. The Bertz CT molecular complexity index is 1210. The van der Waals surface area contributed by atoms with Gasteiger partial charge < -0.3 is 14.0 Å². The number of ether oxygens (including phenoxy) is 2. The molecule has 0 unspecified atom stereocenters. The molecule has 3 aromatic rings. The Labute approximate surface area is 182 Å². The predicted octanol–water partition coefficient (Wildman–Crippen LogP) is 4.47. The van der Waals surface area contributed by atoms with Gasteiger partial charge in [0.1, 0.15) is 17.3 Å². The first-order valence-electron chi connectivity index (χ1n) is 9.59. The van der Waals surface area contributed by atoms with Gasteiger partial charge in [-0.15, -0.1) is 0 Å². The van der Waals surface area contributed by atoms with Gasteiger partial charge in [-0.25, -0.2) is 13.4 Å². The van der Waals surface area contributed by atoms with Crippen LogP contribution in [0.2, 0.25) is 0 Å². The zero-order chi connectivity index (χ0) is 23.6. The molecule has 0 amide bonds. The molecule has 0 atom stereocenters. The third-order valence-electron chi connectivity index (χ3n) is 4.83. The minimum Gasteiger partial charge on any atom is -0.435 e. The van der Waals surface area contributed by atoms with Crippen LogP contribution < -0.4 is 9.47 Å². The van der Waals surface area contributed by atoms with E-state index in [9.17, 15) is 26.0 Å². The van der Waals surface area contributed by atoms with Crippen molar-refractivity contribution in [1.29, 1.82) is 0 Å². The van der Waals surface area contributed by atoms with Crippen LogP contribution in [0.4, 0.5) is 17.6 Å². The van der Waals surface area contributed by atoms with Crippen molar-refractivity contribution in [3.05, 3.63) is 36.4 Å². The molecular weight excluding hydrogens is 454 g/mol. The Morgan fingerprint density at radius 3 is 2.25 bits per heavy atom. The number of aromatic nitrogens is 2. The largest absolute Gasteiger partial charge is 0.435 e. The van der Waals surface area contributed by atoms with Gasteiger partial charge in [0, 0.05) is 26.2 Å². The van der Waals surface area contributed by atoms with Gasteiger partial charge >= 0.3 is 13.2 Å². The molecule has 174 valence electrons. The van der Waals surface area contributed by atoms with E-state index in [1.807, 2.05) is 0 Å². The summed E-state index contributed by atoms with van der Waals surface area (Å²) < 4.78 is 88.1. The Hall–Kier alpha value is -2.86. The smallest absolute Gasteiger partial charge is 0.387 e. The Kier molecular flexibility index (Phi) is 6.94. The number of benzene rings is 2. The van der Waals surface area contributed by atoms with Crippen molar-refractivity contribution in [3.63, 3.8) is 0 Å². The van der Waals surface area contributed by atoms with E-state index in [1.54, 1.807) is 31.5 Å². The fraction of sp³-hybridized carbons (Fsp3) is 0.350. The van der Waals surface area contributed by atoms with Crippen LogP contribution in [-0.4, -0.2) is 48.6 Å². The Balaban J connectivity index is 2.12. The second-order valence-corrected chi connectivity index (χ2v) is 8.59. The van der Waals surface area contributed by atoms with Gasteiger partial charge in [0.15, 0.2) is 0 Å². The van der Waals surface area contributed by atoms with Crippen molar-refractivity contribution in [2.75, 3.05) is 13.1 Å². The minimum absolute atomic E-state index is 0.0445. The first kappa shape index (κ1) is 23.8. The third kappa shape index (κ3) is 4.65. The average Bonchev–Trinajstić information content (AvgIpc) is 3.04. The van der Waals surface area contributed by atoms with Gasteiger partial charge in [-0.3, -0.25) is 0 Å². The van der Waals surface area contributed by atoms with Crippen LogP contribution in [0.1, 0.15) is 13.8 Å². The van der Waals surface area contributed by atoms with E-state index in [0.717, 1.165) is 6.07 Å². The van der Waals surface area contributed by atoms with Gasteiger partial charge in [0.05, 0.1) is 21.5 Å². The highest BCUT2D eigenvalue weighted by Crippen LogP contribution is 2.36. The summed E-state index contributed by atoms with van der Waals surface area (Å²) in [5, 5.41) is 0. The van der Waals surface area contributed by atoms with Crippen molar-refractivity contribution >= 4 is 21.1 Å². The quantitative estimate of drug-likeness (QED) is 0.427. The topological polar surface area (TPSA) is 73.7 Å². The summed E-state index contributed by atoms with van der Waals surface area (Å²) in [4.78, 5) is 4.44. The average molecular weight is 475 g/mol. The summed E-state index contributed by atoms with van der Waals surface area (Å²) in [7, 11) is -2.12. The maximum absolute atomic E-state index is 12.9. The zero-order valence-electron chi connectivity index (χ0n) is 17.4. The van der Waals surface area contributed by atoms with Gasteiger partial charge in [0.25, 0.3) is 0 Å². The van der Waals surface area contributed by atoms with Gasteiger partial charge in [-0.2, -0.15) is 21.9 Å². The van der Waals surface area contributed by atoms with Crippen LogP contribution in [0.25, 0.3) is 22.4 Å². The predicted molar refractivity (Wildman–Crippen MR) is 110 cm³/mol. The van der Waals surface area contributed by atoms with Gasteiger partial charge in [-0.1, -0.05) is 13.8 Å². The summed E-state index contributed by atoms with van der Waals surface area (Å²) in [6.45, 7) is -2.30. The van der Waals surface area contributed by atoms with Crippen LogP contribution in [0.5, 0.6) is 11.5 Å².